The molecule has 0 saturated heterocycles. The summed E-state index contributed by atoms with van der Waals surface area (Å²) in [7, 11) is -1.75. The van der Waals surface area contributed by atoms with Gasteiger partial charge in [-0.05, 0) is 106 Å². The molecule has 0 aliphatic heterocycles. The molecular weight excluding hydrogens is 418 g/mol. The van der Waals surface area contributed by atoms with Crippen molar-refractivity contribution in [1.29, 1.82) is 0 Å². The van der Waals surface area contributed by atoms with Crippen LogP contribution in [0.3, 0.4) is 0 Å². The maximum Gasteiger partial charge on any atom is 0.242 e. The lowest BCUT2D eigenvalue weighted by atomic mass is 9.57. The summed E-state index contributed by atoms with van der Waals surface area (Å²) in [5.41, 5.74) is 4.09. The quantitative estimate of drug-likeness (QED) is 0.352. The monoisotopic (exact) mass is 457 g/mol. The Labute approximate surface area is 190 Å². The van der Waals surface area contributed by atoms with Gasteiger partial charge in [0.2, 0.25) is 16.6 Å². The van der Waals surface area contributed by atoms with E-state index in [9.17, 15) is 0 Å². The number of rotatable bonds is 5. The van der Waals surface area contributed by atoms with Gasteiger partial charge in [-0.3, -0.25) is 0 Å². The molecule has 0 radical (unpaired) electrons. The smallest absolute Gasteiger partial charge is 0.242 e. The lowest BCUT2D eigenvalue weighted by molar-refractivity contribution is 0.131. The molecule has 1 aromatic rings. The van der Waals surface area contributed by atoms with Gasteiger partial charge in [-0.25, -0.2) is 0 Å². The number of allylic oxidation sites excluding steroid dienone is 1. The van der Waals surface area contributed by atoms with Crippen molar-refractivity contribution in [3.8, 4) is 5.75 Å². The Balaban J connectivity index is 1.77. The van der Waals surface area contributed by atoms with E-state index in [0.717, 1.165) is 17.9 Å². The molecule has 0 N–H and O–H groups in total. The molecule has 31 heavy (non-hydrogen) atoms. The van der Waals surface area contributed by atoms with Crippen LogP contribution in [0.1, 0.15) is 49.7 Å². The highest BCUT2D eigenvalue weighted by Gasteiger charge is 2.54. The van der Waals surface area contributed by atoms with Gasteiger partial charge < -0.3 is 13.7 Å². The highest BCUT2D eigenvalue weighted by atomic mass is 28.4. The van der Waals surface area contributed by atoms with Gasteiger partial charge in [-0.1, -0.05) is 18.1 Å². The summed E-state index contributed by atoms with van der Waals surface area (Å²) in [6.45, 7) is 15.9. The first-order chi connectivity index (χ1) is 14.4. The van der Waals surface area contributed by atoms with Crippen LogP contribution in [0.25, 0.3) is 5.76 Å². The highest BCUT2D eigenvalue weighted by Crippen LogP contribution is 2.60. The molecule has 0 aromatic heterocycles. The number of hydrogen-bond acceptors (Lipinski definition) is 4. The van der Waals surface area contributed by atoms with E-state index in [4.69, 9.17) is 13.7 Å². The fourth-order valence-corrected chi connectivity index (χ4v) is 7.69. The molecule has 170 valence electrons. The molecule has 0 amide bonds. The first-order valence-electron chi connectivity index (χ1n) is 11.8. The molecule has 3 aliphatic rings. The van der Waals surface area contributed by atoms with Gasteiger partial charge >= 0.3 is 0 Å². The van der Waals surface area contributed by atoms with Crippen LogP contribution in [0.2, 0.25) is 39.3 Å². The van der Waals surface area contributed by atoms with Crippen molar-refractivity contribution in [2.75, 3.05) is 7.11 Å². The maximum atomic E-state index is 6.70. The number of fused-ring (bicyclic) bond motifs is 5. The molecule has 2 saturated carbocycles. The minimum absolute atomic E-state index is 0.135. The van der Waals surface area contributed by atoms with Crippen molar-refractivity contribution in [3.05, 3.63) is 35.4 Å². The van der Waals surface area contributed by atoms with Gasteiger partial charge in [0.25, 0.3) is 0 Å². The molecule has 1 aromatic carbocycles. The average Bonchev–Trinajstić information content (AvgIpc) is 2.96. The Hall–Kier alpha value is -1.54. The zero-order valence-electron chi connectivity index (χ0n) is 20.5. The topological polar surface area (TPSA) is 40.0 Å². The second-order valence-corrected chi connectivity index (χ2v) is 20.6. The predicted molar refractivity (Wildman–Crippen MR) is 134 cm³/mol. The van der Waals surface area contributed by atoms with Crippen molar-refractivity contribution in [1.82, 2.24) is 0 Å². The molecule has 0 bridgehead atoms. The van der Waals surface area contributed by atoms with Crippen LogP contribution in [0.5, 0.6) is 5.75 Å². The highest BCUT2D eigenvalue weighted by molar-refractivity contribution is 6.70. The van der Waals surface area contributed by atoms with E-state index in [2.05, 4.69) is 75.6 Å². The second-order valence-electron chi connectivity index (χ2n) is 11.7. The van der Waals surface area contributed by atoms with Crippen LogP contribution in [0.4, 0.5) is 0 Å². The molecule has 2 fully saturated rings. The summed E-state index contributed by atoms with van der Waals surface area (Å²) in [4.78, 5) is 5.21. The number of hydrogen-bond donors (Lipinski definition) is 0. The van der Waals surface area contributed by atoms with E-state index >= 15 is 0 Å². The van der Waals surface area contributed by atoms with Crippen LogP contribution >= 0.6 is 0 Å². The fraction of sp³-hybridized carbons (Fsp3) is 0.640. The molecule has 0 spiro atoms. The van der Waals surface area contributed by atoms with Gasteiger partial charge in [0.05, 0.1) is 5.71 Å². The van der Waals surface area contributed by atoms with Crippen molar-refractivity contribution in [2.45, 2.75) is 77.8 Å². The Kier molecular flexibility index (Phi) is 5.70. The molecule has 3 aliphatic carbocycles. The SMILES string of the molecule is CO/N=C1/CC[C@H]2[C@@H]3C=C(O[Si](C)(C)C)c4cc(O[Si](C)(C)C)ccc4[C@H]3CC[C@]12C. The molecule has 6 heteroatoms. The van der Waals surface area contributed by atoms with Gasteiger partial charge in [-0.15, -0.1) is 0 Å². The fourth-order valence-electron chi connectivity index (χ4n) is 6.01. The Morgan fingerprint density at radius 2 is 1.71 bits per heavy atom. The zero-order valence-corrected chi connectivity index (χ0v) is 22.5. The number of benzene rings is 1. The minimum Gasteiger partial charge on any atom is -0.544 e. The van der Waals surface area contributed by atoms with Crippen LogP contribution in [-0.2, 0) is 9.26 Å². The van der Waals surface area contributed by atoms with E-state index < -0.39 is 16.6 Å². The molecule has 4 rings (SSSR count). The van der Waals surface area contributed by atoms with Crippen LogP contribution < -0.4 is 4.43 Å². The average molecular weight is 458 g/mol. The van der Waals surface area contributed by atoms with E-state index in [0.29, 0.717) is 17.8 Å². The van der Waals surface area contributed by atoms with E-state index in [1.165, 1.54) is 36.1 Å². The van der Waals surface area contributed by atoms with Crippen molar-refractivity contribution >= 4 is 28.1 Å². The summed E-state index contributed by atoms with van der Waals surface area (Å²) in [5, 5.41) is 4.44. The van der Waals surface area contributed by atoms with Crippen LogP contribution in [0, 0.1) is 17.3 Å². The maximum absolute atomic E-state index is 6.70. The largest absolute Gasteiger partial charge is 0.544 e. The standard InChI is InChI=1S/C25H39NO3Si2/c1-25-14-13-19-18-10-9-17(28-30(3,4)5)15-21(18)23(29-31(6,7)8)16-20(19)22(25)11-12-24(25)26-27-2/h9-10,15-16,19-20,22H,11-14H2,1-8H3/b26-24-/t19-,20-,22+,25+/m1/s1. The van der Waals surface area contributed by atoms with Gasteiger partial charge in [-0.2, -0.15) is 0 Å². The third-order valence-corrected chi connectivity index (χ3v) is 8.83. The molecule has 0 heterocycles. The van der Waals surface area contributed by atoms with Crippen LogP contribution in [-0.4, -0.2) is 29.5 Å². The van der Waals surface area contributed by atoms with Crippen LogP contribution in [0.15, 0.2) is 29.4 Å². The van der Waals surface area contributed by atoms with E-state index in [1.807, 2.05) is 0 Å². The molecular formula is C25H39NO3Si2. The lowest BCUT2D eigenvalue weighted by Gasteiger charge is -2.48. The molecule has 0 unspecified atom stereocenters. The summed E-state index contributed by atoms with van der Waals surface area (Å²) < 4.78 is 13.0. The summed E-state index contributed by atoms with van der Waals surface area (Å²) in [5.74, 6) is 3.69. The molecule has 4 atom stereocenters. The zero-order chi connectivity index (χ0) is 22.6. The Morgan fingerprint density at radius 3 is 2.35 bits per heavy atom. The van der Waals surface area contributed by atoms with Crippen molar-refractivity contribution in [3.63, 3.8) is 0 Å². The Bertz CT molecular complexity index is 912. The summed E-state index contributed by atoms with van der Waals surface area (Å²) in [6.07, 6.45) is 7.06. The normalized spacial score (nSPS) is 31.4. The minimum atomic E-state index is -1.76. The predicted octanol–water partition coefficient (Wildman–Crippen LogP) is 7.02. The van der Waals surface area contributed by atoms with Crippen molar-refractivity contribution < 1.29 is 13.7 Å². The number of oxime groups is 1. The third-order valence-electron chi connectivity index (χ3n) is 7.15. The first-order valence-corrected chi connectivity index (χ1v) is 18.6. The lowest BCUT2D eigenvalue weighted by Crippen LogP contribution is -2.42. The Morgan fingerprint density at radius 1 is 1.00 bits per heavy atom. The second kappa shape index (κ2) is 7.80. The van der Waals surface area contributed by atoms with E-state index in [1.54, 1.807) is 7.11 Å². The van der Waals surface area contributed by atoms with E-state index in [-0.39, 0.29) is 5.41 Å². The summed E-state index contributed by atoms with van der Waals surface area (Å²) in [6, 6.07) is 6.76. The summed E-state index contributed by atoms with van der Waals surface area (Å²) >= 11 is 0. The van der Waals surface area contributed by atoms with Gasteiger partial charge in [0.1, 0.15) is 18.6 Å². The van der Waals surface area contributed by atoms with Gasteiger partial charge in [0, 0.05) is 11.0 Å². The van der Waals surface area contributed by atoms with Gasteiger partial charge in [0.15, 0.2) is 0 Å². The molecule has 4 nitrogen and oxygen atoms in total. The number of nitrogens with zero attached hydrogens (tertiary/aromatic N) is 1. The van der Waals surface area contributed by atoms with Crippen molar-refractivity contribution in [2.24, 2.45) is 22.4 Å². The third kappa shape index (κ3) is 4.38. The first kappa shape index (κ1) is 22.7.